The molecule has 2 N–H and O–H groups in total. The van der Waals surface area contributed by atoms with Crippen molar-refractivity contribution in [2.75, 3.05) is 32.6 Å². The first kappa shape index (κ1) is 21.4. The van der Waals surface area contributed by atoms with Crippen molar-refractivity contribution < 1.29 is 17.5 Å². The average molecular weight is 398 g/mol. The Morgan fingerprint density at radius 2 is 2.11 bits per heavy atom. The molecule has 150 valence electrons. The van der Waals surface area contributed by atoms with E-state index in [2.05, 4.69) is 21.7 Å². The van der Waals surface area contributed by atoms with Crippen LogP contribution >= 0.6 is 0 Å². The second kappa shape index (κ2) is 10.4. The van der Waals surface area contributed by atoms with Crippen molar-refractivity contribution in [3.8, 4) is 0 Å². The number of aliphatic imine (C=N–C) groups is 1. The second-order valence-corrected chi connectivity index (χ2v) is 8.68. The fourth-order valence-electron chi connectivity index (χ4n) is 2.80. The average Bonchev–Trinajstić information content (AvgIpc) is 2.61. The lowest BCUT2D eigenvalue weighted by Crippen LogP contribution is -2.38. The topological polar surface area (TPSA) is 79.8 Å². The van der Waals surface area contributed by atoms with Crippen molar-refractivity contribution in [2.24, 2.45) is 4.99 Å². The molecule has 1 aromatic rings. The van der Waals surface area contributed by atoms with Crippen LogP contribution in [0.3, 0.4) is 0 Å². The van der Waals surface area contributed by atoms with Gasteiger partial charge in [-0.25, -0.2) is 17.8 Å². The molecule has 0 radical (unpaired) electrons. The quantitative estimate of drug-likeness (QED) is 0.399. The number of hydrogen-bond donors (Lipinski definition) is 2. The van der Waals surface area contributed by atoms with Gasteiger partial charge in [-0.05, 0) is 43.0 Å². The normalized spacial score (nSPS) is 15.4. The van der Waals surface area contributed by atoms with E-state index in [4.69, 9.17) is 4.74 Å². The number of nitrogens with one attached hydrogen (secondary N) is 2. The second-order valence-electron chi connectivity index (χ2n) is 6.54. The van der Waals surface area contributed by atoms with Gasteiger partial charge in [0.2, 0.25) is 0 Å². The molecule has 1 aliphatic rings. The van der Waals surface area contributed by atoms with Gasteiger partial charge < -0.3 is 15.4 Å². The highest BCUT2D eigenvalue weighted by molar-refractivity contribution is 7.89. The molecule has 1 heterocycles. The van der Waals surface area contributed by atoms with Crippen LogP contribution in [0.25, 0.3) is 0 Å². The summed E-state index contributed by atoms with van der Waals surface area (Å²) in [6.07, 6.45) is 5.14. The number of halogens is 1. The fourth-order valence-corrected chi connectivity index (χ4v) is 3.65. The summed E-state index contributed by atoms with van der Waals surface area (Å²) in [6, 6.07) is 4.14. The van der Waals surface area contributed by atoms with Crippen LogP contribution in [-0.2, 0) is 26.9 Å². The Bertz CT molecular complexity index is 791. The molecule has 27 heavy (non-hydrogen) atoms. The summed E-state index contributed by atoms with van der Waals surface area (Å²) in [7, 11) is -3.21. The Morgan fingerprint density at radius 3 is 2.78 bits per heavy atom. The maximum Gasteiger partial charge on any atom is 0.191 e. The molecule has 8 heteroatoms. The van der Waals surface area contributed by atoms with E-state index in [0.717, 1.165) is 26.0 Å². The molecule has 0 unspecified atom stereocenters. The number of guanidine groups is 1. The molecule has 0 saturated carbocycles. The van der Waals surface area contributed by atoms with E-state index in [1.165, 1.54) is 30.0 Å². The van der Waals surface area contributed by atoms with Crippen LogP contribution < -0.4 is 10.6 Å². The molecule has 0 fully saturated rings. The zero-order chi connectivity index (χ0) is 19.7. The van der Waals surface area contributed by atoms with E-state index in [0.29, 0.717) is 30.2 Å². The Hall–Kier alpha value is -1.93. The van der Waals surface area contributed by atoms with Gasteiger partial charge in [0.15, 0.2) is 15.8 Å². The highest BCUT2D eigenvalue weighted by Gasteiger charge is 2.11. The largest absolute Gasteiger partial charge is 0.377 e. The minimum Gasteiger partial charge on any atom is -0.377 e. The maximum absolute atomic E-state index is 13.6. The Morgan fingerprint density at radius 1 is 1.30 bits per heavy atom. The smallest absolute Gasteiger partial charge is 0.191 e. The summed E-state index contributed by atoms with van der Waals surface area (Å²) in [5.41, 5.74) is 2.51. The van der Waals surface area contributed by atoms with Gasteiger partial charge in [0.1, 0.15) is 5.82 Å². The molecule has 0 spiro atoms. The van der Waals surface area contributed by atoms with Gasteiger partial charge in [-0.2, -0.15) is 0 Å². The molecule has 6 nitrogen and oxygen atoms in total. The highest BCUT2D eigenvalue weighted by atomic mass is 32.2. The zero-order valence-electron chi connectivity index (χ0n) is 15.9. The van der Waals surface area contributed by atoms with Crippen LogP contribution in [0.4, 0.5) is 4.39 Å². The molecule has 1 aromatic carbocycles. The molecule has 2 rings (SSSR count). The van der Waals surface area contributed by atoms with Crippen molar-refractivity contribution >= 4 is 15.8 Å². The monoisotopic (exact) mass is 397 g/mol. The minimum absolute atomic E-state index is 0.127. The summed E-state index contributed by atoms with van der Waals surface area (Å²) < 4.78 is 42.1. The van der Waals surface area contributed by atoms with Crippen LogP contribution in [-0.4, -0.2) is 46.9 Å². The molecule has 0 atom stereocenters. The van der Waals surface area contributed by atoms with Crippen LogP contribution in [0.2, 0.25) is 0 Å². The van der Waals surface area contributed by atoms with Crippen LogP contribution in [0, 0.1) is 5.82 Å². The lowest BCUT2D eigenvalue weighted by atomic mass is 10.1. The molecule has 0 saturated heterocycles. The highest BCUT2D eigenvalue weighted by Crippen LogP contribution is 2.16. The van der Waals surface area contributed by atoms with Gasteiger partial charge in [-0.1, -0.05) is 17.7 Å². The SMILES string of the molecule is CCNC(=NCc1cc(F)ccc1CS(C)(=O)=O)NCCC1=CCOCC1. The van der Waals surface area contributed by atoms with E-state index < -0.39 is 15.7 Å². The molecule has 0 amide bonds. The van der Waals surface area contributed by atoms with Gasteiger partial charge in [0.25, 0.3) is 0 Å². The third-order valence-electron chi connectivity index (χ3n) is 4.13. The zero-order valence-corrected chi connectivity index (χ0v) is 16.7. The van der Waals surface area contributed by atoms with Crippen LogP contribution in [0.5, 0.6) is 0 Å². The lowest BCUT2D eigenvalue weighted by Gasteiger charge is -2.15. The van der Waals surface area contributed by atoms with E-state index in [-0.39, 0.29) is 12.3 Å². The summed E-state index contributed by atoms with van der Waals surface area (Å²) in [5, 5.41) is 6.42. The van der Waals surface area contributed by atoms with Crippen LogP contribution in [0.15, 0.2) is 34.8 Å². The first-order valence-corrected chi connectivity index (χ1v) is 11.2. The number of ether oxygens (including phenoxy) is 1. The Kier molecular flexibility index (Phi) is 8.24. The molecule has 1 aliphatic heterocycles. The summed E-state index contributed by atoms with van der Waals surface area (Å²) in [5.74, 6) is 0.0970. The molecular weight excluding hydrogens is 369 g/mol. The van der Waals surface area contributed by atoms with Gasteiger partial charge in [0.05, 0.1) is 25.5 Å². The molecule has 0 bridgehead atoms. The predicted octanol–water partition coefficient (Wildman–Crippen LogP) is 2.16. The third kappa shape index (κ3) is 8.09. The maximum atomic E-state index is 13.6. The lowest BCUT2D eigenvalue weighted by molar-refractivity contribution is 0.153. The number of sulfone groups is 1. The van der Waals surface area contributed by atoms with E-state index >= 15 is 0 Å². The Balaban J connectivity index is 2.02. The van der Waals surface area contributed by atoms with Crippen molar-refractivity contribution in [1.82, 2.24) is 10.6 Å². The number of rotatable bonds is 8. The summed E-state index contributed by atoms with van der Waals surface area (Å²) in [6.45, 7) is 5.04. The first-order chi connectivity index (χ1) is 12.9. The molecular formula is C19H28FN3O3S. The Labute approximate surface area is 160 Å². The summed E-state index contributed by atoms with van der Waals surface area (Å²) in [4.78, 5) is 4.49. The standard InChI is InChI=1S/C19H28FN3O3S/c1-3-21-19(22-9-6-15-7-10-26-11-8-15)23-13-17-12-18(20)5-4-16(17)14-27(2,24)25/h4-5,7,12H,3,6,8-11,13-14H2,1-2H3,(H2,21,22,23). The fraction of sp³-hybridized carbons (Fsp3) is 0.526. The molecule has 0 aromatic heterocycles. The van der Waals surface area contributed by atoms with E-state index in [9.17, 15) is 12.8 Å². The number of nitrogens with zero attached hydrogens (tertiary/aromatic N) is 1. The predicted molar refractivity (Wildman–Crippen MR) is 106 cm³/mol. The van der Waals surface area contributed by atoms with Gasteiger partial charge in [-0.3, -0.25) is 0 Å². The van der Waals surface area contributed by atoms with Gasteiger partial charge in [0, 0.05) is 19.3 Å². The molecule has 0 aliphatic carbocycles. The number of benzene rings is 1. The van der Waals surface area contributed by atoms with Gasteiger partial charge in [-0.15, -0.1) is 0 Å². The van der Waals surface area contributed by atoms with Crippen molar-refractivity contribution in [2.45, 2.75) is 32.1 Å². The van der Waals surface area contributed by atoms with Crippen molar-refractivity contribution in [1.29, 1.82) is 0 Å². The first-order valence-electron chi connectivity index (χ1n) is 9.10. The number of hydrogen-bond acceptors (Lipinski definition) is 4. The van der Waals surface area contributed by atoms with Crippen LogP contribution in [0.1, 0.15) is 30.9 Å². The van der Waals surface area contributed by atoms with E-state index in [1.807, 2.05) is 6.92 Å². The minimum atomic E-state index is -3.21. The van der Waals surface area contributed by atoms with Gasteiger partial charge >= 0.3 is 0 Å². The van der Waals surface area contributed by atoms with Crippen molar-refractivity contribution in [3.05, 3.63) is 46.8 Å². The van der Waals surface area contributed by atoms with Crippen molar-refractivity contribution in [3.63, 3.8) is 0 Å². The van der Waals surface area contributed by atoms with E-state index in [1.54, 1.807) is 0 Å². The summed E-state index contributed by atoms with van der Waals surface area (Å²) >= 11 is 0. The third-order valence-corrected chi connectivity index (χ3v) is 4.97.